The van der Waals surface area contributed by atoms with Crippen LogP contribution < -0.4 is 0 Å². The fourth-order valence-corrected chi connectivity index (χ4v) is 2.52. The summed E-state index contributed by atoms with van der Waals surface area (Å²) in [6.45, 7) is 8.84. The maximum absolute atomic E-state index is 2.44. The van der Waals surface area contributed by atoms with Crippen molar-refractivity contribution in [3.8, 4) is 0 Å². The molecular formula is C16H21N. The maximum Gasteiger partial charge on any atom is 0.0407 e. The Hall–Kier alpha value is -1.50. The van der Waals surface area contributed by atoms with E-state index < -0.39 is 0 Å². The minimum atomic E-state index is 1.08. The molecule has 0 bridgehead atoms. The zero-order chi connectivity index (χ0) is 12.3. The highest BCUT2D eigenvalue weighted by Gasteiger charge is 2.19. The van der Waals surface area contributed by atoms with E-state index in [0.29, 0.717) is 0 Å². The van der Waals surface area contributed by atoms with E-state index in [1.807, 2.05) is 0 Å². The van der Waals surface area contributed by atoms with E-state index in [2.05, 4.69) is 62.1 Å². The molecule has 1 aromatic carbocycles. The third-order valence-electron chi connectivity index (χ3n) is 3.45. The van der Waals surface area contributed by atoms with Gasteiger partial charge in [-0.3, -0.25) is 0 Å². The van der Waals surface area contributed by atoms with Gasteiger partial charge in [0.2, 0.25) is 0 Å². The van der Waals surface area contributed by atoms with Crippen molar-refractivity contribution in [1.29, 1.82) is 0 Å². The van der Waals surface area contributed by atoms with Crippen molar-refractivity contribution in [2.24, 2.45) is 0 Å². The molecule has 1 aromatic rings. The first-order valence-electron chi connectivity index (χ1n) is 6.48. The van der Waals surface area contributed by atoms with Crippen LogP contribution in [0.1, 0.15) is 32.8 Å². The lowest BCUT2D eigenvalue weighted by Crippen LogP contribution is -2.22. The first kappa shape index (κ1) is 12.0. The summed E-state index contributed by atoms with van der Waals surface area (Å²) < 4.78 is 0. The van der Waals surface area contributed by atoms with Crippen molar-refractivity contribution in [3.05, 3.63) is 53.2 Å². The lowest BCUT2D eigenvalue weighted by molar-refractivity contribution is 0.398. The van der Waals surface area contributed by atoms with Crippen LogP contribution in [0.25, 0.3) is 5.57 Å². The smallest absolute Gasteiger partial charge is 0.0407 e. The molecule has 0 aliphatic heterocycles. The molecule has 0 heterocycles. The summed E-state index contributed by atoms with van der Waals surface area (Å²) in [6.07, 6.45) is 3.46. The SMILES string of the molecule is CCN(CC)C1=CCC(C)=C1c1ccccc1. The van der Waals surface area contributed by atoms with Gasteiger partial charge in [0.15, 0.2) is 0 Å². The number of benzene rings is 1. The molecule has 1 aliphatic carbocycles. The second-order valence-electron chi connectivity index (χ2n) is 4.49. The molecule has 0 spiro atoms. The standard InChI is InChI=1S/C16H21N/c1-4-17(5-2)15-12-11-13(3)16(15)14-9-7-6-8-10-14/h6-10,12H,4-5,11H2,1-3H3. The molecule has 1 aliphatic rings. The van der Waals surface area contributed by atoms with E-state index in [9.17, 15) is 0 Å². The maximum atomic E-state index is 2.44. The number of nitrogens with zero attached hydrogens (tertiary/aromatic N) is 1. The summed E-state index contributed by atoms with van der Waals surface area (Å²) in [7, 11) is 0. The van der Waals surface area contributed by atoms with Crippen LogP contribution in [0, 0.1) is 0 Å². The average molecular weight is 227 g/mol. The monoisotopic (exact) mass is 227 g/mol. The highest BCUT2D eigenvalue weighted by atomic mass is 15.1. The summed E-state index contributed by atoms with van der Waals surface area (Å²) in [4.78, 5) is 2.44. The molecule has 0 radical (unpaired) electrons. The fraction of sp³-hybridized carbons (Fsp3) is 0.375. The van der Waals surface area contributed by atoms with Crippen LogP contribution in [0.5, 0.6) is 0 Å². The fourth-order valence-electron chi connectivity index (χ4n) is 2.52. The molecule has 0 fully saturated rings. The quantitative estimate of drug-likeness (QED) is 0.749. The third kappa shape index (κ3) is 2.28. The molecule has 0 N–H and O–H groups in total. The van der Waals surface area contributed by atoms with Gasteiger partial charge in [-0.15, -0.1) is 0 Å². The number of rotatable bonds is 4. The zero-order valence-corrected chi connectivity index (χ0v) is 11.0. The summed E-state index contributed by atoms with van der Waals surface area (Å²) >= 11 is 0. The van der Waals surface area contributed by atoms with Crippen LogP contribution in [0.3, 0.4) is 0 Å². The van der Waals surface area contributed by atoms with Gasteiger partial charge in [0, 0.05) is 24.4 Å². The van der Waals surface area contributed by atoms with E-state index in [-0.39, 0.29) is 0 Å². The second kappa shape index (κ2) is 5.22. The van der Waals surface area contributed by atoms with Crippen LogP contribution in [-0.2, 0) is 0 Å². The van der Waals surface area contributed by atoms with Crippen molar-refractivity contribution < 1.29 is 0 Å². The van der Waals surface area contributed by atoms with Gasteiger partial charge < -0.3 is 4.90 Å². The van der Waals surface area contributed by atoms with Gasteiger partial charge in [0.25, 0.3) is 0 Å². The normalized spacial score (nSPS) is 15.1. The minimum absolute atomic E-state index is 1.08. The molecule has 2 rings (SSSR count). The number of hydrogen-bond acceptors (Lipinski definition) is 1. The molecular weight excluding hydrogens is 206 g/mol. The topological polar surface area (TPSA) is 3.24 Å². The lowest BCUT2D eigenvalue weighted by Gasteiger charge is -2.25. The Labute approximate surface area is 104 Å². The van der Waals surface area contributed by atoms with Crippen molar-refractivity contribution in [1.82, 2.24) is 4.90 Å². The Kier molecular flexibility index (Phi) is 3.68. The van der Waals surface area contributed by atoms with Gasteiger partial charge in [-0.1, -0.05) is 42.0 Å². The van der Waals surface area contributed by atoms with E-state index in [1.165, 1.54) is 22.4 Å². The van der Waals surface area contributed by atoms with Gasteiger partial charge in [0.1, 0.15) is 0 Å². The van der Waals surface area contributed by atoms with Crippen LogP contribution >= 0.6 is 0 Å². The molecule has 17 heavy (non-hydrogen) atoms. The summed E-state index contributed by atoms with van der Waals surface area (Å²) in [5.74, 6) is 0. The molecule has 0 atom stereocenters. The van der Waals surface area contributed by atoms with E-state index in [0.717, 1.165) is 19.5 Å². The molecule has 0 aromatic heterocycles. The van der Waals surface area contributed by atoms with Crippen molar-refractivity contribution in [2.45, 2.75) is 27.2 Å². The number of likely N-dealkylation sites (N-methyl/N-ethyl adjacent to an activating group) is 1. The average Bonchev–Trinajstić information content (AvgIpc) is 2.74. The first-order chi connectivity index (χ1) is 8.27. The molecule has 0 saturated carbocycles. The largest absolute Gasteiger partial charge is 0.372 e. The zero-order valence-electron chi connectivity index (χ0n) is 11.0. The predicted molar refractivity (Wildman–Crippen MR) is 74.7 cm³/mol. The second-order valence-corrected chi connectivity index (χ2v) is 4.49. The van der Waals surface area contributed by atoms with E-state index in [1.54, 1.807) is 0 Å². The number of allylic oxidation sites excluding steroid dienone is 3. The third-order valence-corrected chi connectivity index (χ3v) is 3.45. The molecule has 0 unspecified atom stereocenters. The molecule has 0 saturated heterocycles. The van der Waals surface area contributed by atoms with Crippen LogP contribution in [-0.4, -0.2) is 18.0 Å². The Morgan fingerprint density at radius 2 is 1.71 bits per heavy atom. The van der Waals surface area contributed by atoms with E-state index >= 15 is 0 Å². The van der Waals surface area contributed by atoms with E-state index in [4.69, 9.17) is 0 Å². The summed E-state index contributed by atoms with van der Waals surface area (Å²) in [5, 5.41) is 0. The first-order valence-corrected chi connectivity index (χ1v) is 6.48. The lowest BCUT2D eigenvalue weighted by atomic mass is 10.0. The van der Waals surface area contributed by atoms with Crippen molar-refractivity contribution in [2.75, 3.05) is 13.1 Å². The van der Waals surface area contributed by atoms with Crippen LogP contribution in [0.15, 0.2) is 47.7 Å². The molecule has 1 heteroatoms. The number of hydrogen-bond donors (Lipinski definition) is 0. The molecule has 90 valence electrons. The Morgan fingerprint density at radius 1 is 1.06 bits per heavy atom. The summed E-state index contributed by atoms with van der Waals surface area (Å²) in [6, 6.07) is 10.7. The highest BCUT2D eigenvalue weighted by molar-refractivity contribution is 5.83. The highest BCUT2D eigenvalue weighted by Crippen LogP contribution is 2.35. The Balaban J connectivity index is 2.38. The molecule has 0 amide bonds. The predicted octanol–water partition coefficient (Wildman–Crippen LogP) is 4.09. The van der Waals surface area contributed by atoms with Gasteiger partial charge in [-0.25, -0.2) is 0 Å². The van der Waals surface area contributed by atoms with Gasteiger partial charge in [-0.2, -0.15) is 0 Å². The Bertz CT molecular complexity index is 436. The van der Waals surface area contributed by atoms with Gasteiger partial charge >= 0.3 is 0 Å². The minimum Gasteiger partial charge on any atom is -0.372 e. The van der Waals surface area contributed by atoms with Gasteiger partial charge in [0.05, 0.1) is 0 Å². The van der Waals surface area contributed by atoms with Crippen LogP contribution in [0.4, 0.5) is 0 Å². The van der Waals surface area contributed by atoms with Crippen molar-refractivity contribution in [3.63, 3.8) is 0 Å². The Morgan fingerprint density at radius 3 is 2.29 bits per heavy atom. The van der Waals surface area contributed by atoms with Crippen LogP contribution in [0.2, 0.25) is 0 Å². The van der Waals surface area contributed by atoms with Gasteiger partial charge in [-0.05, 0) is 32.8 Å². The molecule has 1 nitrogen and oxygen atoms in total. The van der Waals surface area contributed by atoms with Crippen molar-refractivity contribution >= 4 is 5.57 Å². The summed E-state index contributed by atoms with van der Waals surface area (Å²) in [5.41, 5.74) is 5.69.